The van der Waals surface area contributed by atoms with Crippen LogP contribution in [0.5, 0.6) is 0 Å². The number of halogens is 1. The molecule has 0 spiro atoms. The highest BCUT2D eigenvalue weighted by molar-refractivity contribution is 6.30. The van der Waals surface area contributed by atoms with Gasteiger partial charge in [0.15, 0.2) is 0 Å². The zero-order valence-corrected chi connectivity index (χ0v) is 13.3. The number of hydrogen-bond acceptors (Lipinski definition) is 5. The van der Waals surface area contributed by atoms with Crippen LogP contribution in [-0.2, 0) is 11.3 Å². The summed E-state index contributed by atoms with van der Waals surface area (Å²) in [7, 11) is 0. The molecule has 5 nitrogen and oxygen atoms in total. The van der Waals surface area contributed by atoms with E-state index >= 15 is 0 Å². The lowest BCUT2D eigenvalue weighted by Gasteiger charge is -2.28. The smallest absolute Gasteiger partial charge is 0.225 e. The van der Waals surface area contributed by atoms with Crippen LogP contribution in [0.25, 0.3) is 0 Å². The second-order valence-electron chi connectivity index (χ2n) is 5.27. The largest absolute Gasteiger partial charge is 0.378 e. The van der Waals surface area contributed by atoms with Gasteiger partial charge in [-0.3, -0.25) is 0 Å². The van der Waals surface area contributed by atoms with Gasteiger partial charge in [0.05, 0.1) is 13.2 Å². The average molecular weight is 319 g/mol. The summed E-state index contributed by atoms with van der Waals surface area (Å²) in [5.74, 6) is 1.60. The number of aromatic nitrogens is 2. The van der Waals surface area contributed by atoms with E-state index < -0.39 is 0 Å². The van der Waals surface area contributed by atoms with Crippen molar-refractivity contribution in [3.8, 4) is 0 Å². The van der Waals surface area contributed by atoms with Crippen molar-refractivity contribution in [1.29, 1.82) is 0 Å². The molecule has 1 saturated heterocycles. The first-order chi connectivity index (χ1) is 10.7. The predicted octanol–water partition coefficient (Wildman–Crippen LogP) is 2.89. The Morgan fingerprint density at radius 2 is 1.91 bits per heavy atom. The average Bonchev–Trinajstić information content (AvgIpc) is 2.55. The first-order valence-corrected chi connectivity index (χ1v) is 7.75. The topological polar surface area (TPSA) is 50.3 Å². The molecule has 1 aromatic heterocycles. The summed E-state index contributed by atoms with van der Waals surface area (Å²) in [6.45, 7) is 5.88. The van der Waals surface area contributed by atoms with Crippen LogP contribution in [0.3, 0.4) is 0 Å². The first-order valence-electron chi connectivity index (χ1n) is 7.37. The molecule has 1 aromatic carbocycles. The van der Waals surface area contributed by atoms with E-state index in [1.54, 1.807) is 0 Å². The minimum atomic E-state index is 0.649. The number of aryl methyl sites for hydroxylation is 1. The number of benzene rings is 1. The minimum absolute atomic E-state index is 0.649. The van der Waals surface area contributed by atoms with E-state index in [2.05, 4.69) is 20.2 Å². The second kappa shape index (κ2) is 6.94. The van der Waals surface area contributed by atoms with E-state index in [0.717, 1.165) is 48.4 Å². The van der Waals surface area contributed by atoms with E-state index in [0.29, 0.717) is 12.5 Å². The molecular formula is C16H19ClN4O. The fraction of sp³-hybridized carbons (Fsp3) is 0.375. The normalized spacial score (nSPS) is 14.9. The summed E-state index contributed by atoms with van der Waals surface area (Å²) in [6, 6.07) is 9.77. The van der Waals surface area contributed by atoms with Crippen molar-refractivity contribution in [1.82, 2.24) is 9.97 Å². The molecule has 0 unspecified atom stereocenters. The van der Waals surface area contributed by atoms with Crippen LogP contribution in [0.2, 0.25) is 5.02 Å². The predicted molar refractivity (Wildman–Crippen MR) is 88.6 cm³/mol. The molecule has 0 amide bonds. The molecule has 2 heterocycles. The highest BCUT2D eigenvalue weighted by atomic mass is 35.5. The fourth-order valence-electron chi connectivity index (χ4n) is 2.37. The Bertz CT molecular complexity index is 627. The van der Waals surface area contributed by atoms with Gasteiger partial charge >= 0.3 is 0 Å². The first kappa shape index (κ1) is 15.1. The quantitative estimate of drug-likeness (QED) is 0.939. The number of anilines is 2. The van der Waals surface area contributed by atoms with Crippen molar-refractivity contribution < 1.29 is 4.74 Å². The van der Waals surface area contributed by atoms with Gasteiger partial charge in [-0.2, -0.15) is 4.98 Å². The Hall–Kier alpha value is -1.85. The van der Waals surface area contributed by atoms with Crippen LogP contribution < -0.4 is 10.2 Å². The number of nitrogens with zero attached hydrogens (tertiary/aromatic N) is 3. The lowest BCUT2D eigenvalue weighted by molar-refractivity contribution is 0.122. The highest BCUT2D eigenvalue weighted by Gasteiger charge is 2.14. The lowest BCUT2D eigenvalue weighted by atomic mass is 10.2. The van der Waals surface area contributed by atoms with Gasteiger partial charge in [-0.05, 0) is 24.6 Å². The monoisotopic (exact) mass is 318 g/mol. The number of rotatable bonds is 4. The van der Waals surface area contributed by atoms with Gasteiger partial charge in [0, 0.05) is 36.4 Å². The third-order valence-electron chi connectivity index (χ3n) is 3.54. The second-order valence-corrected chi connectivity index (χ2v) is 5.71. The molecule has 1 aliphatic rings. The number of ether oxygens (including phenoxy) is 1. The Morgan fingerprint density at radius 1 is 1.18 bits per heavy atom. The molecule has 1 fully saturated rings. The van der Waals surface area contributed by atoms with Gasteiger partial charge in [-0.1, -0.05) is 23.7 Å². The van der Waals surface area contributed by atoms with E-state index in [1.165, 1.54) is 0 Å². The van der Waals surface area contributed by atoms with Gasteiger partial charge in [0.1, 0.15) is 5.82 Å². The standard InChI is InChI=1S/C16H19ClN4O/c1-12-10-15(21-6-8-22-9-7-21)20-16(19-12)18-11-13-2-4-14(17)5-3-13/h2-5,10H,6-9,11H2,1H3,(H,18,19,20). The number of hydrogen-bond donors (Lipinski definition) is 1. The highest BCUT2D eigenvalue weighted by Crippen LogP contribution is 2.17. The maximum atomic E-state index is 5.90. The lowest BCUT2D eigenvalue weighted by Crippen LogP contribution is -2.37. The Balaban J connectivity index is 1.70. The zero-order chi connectivity index (χ0) is 15.4. The molecule has 0 aliphatic carbocycles. The summed E-state index contributed by atoms with van der Waals surface area (Å²) in [6.07, 6.45) is 0. The van der Waals surface area contributed by atoms with E-state index in [1.807, 2.05) is 37.3 Å². The molecule has 0 radical (unpaired) electrons. The van der Waals surface area contributed by atoms with Crippen LogP contribution in [0.15, 0.2) is 30.3 Å². The van der Waals surface area contributed by atoms with E-state index in [9.17, 15) is 0 Å². The van der Waals surface area contributed by atoms with Crippen LogP contribution >= 0.6 is 11.6 Å². The van der Waals surface area contributed by atoms with Crippen molar-refractivity contribution in [3.05, 3.63) is 46.6 Å². The molecule has 1 aliphatic heterocycles. The van der Waals surface area contributed by atoms with Crippen molar-refractivity contribution in [3.63, 3.8) is 0 Å². The maximum absolute atomic E-state index is 5.90. The molecule has 22 heavy (non-hydrogen) atoms. The molecule has 3 rings (SSSR count). The zero-order valence-electron chi connectivity index (χ0n) is 12.6. The van der Waals surface area contributed by atoms with Gasteiger partial charge in [0.25, 0.3) is 0 Å². The SMILES string of the molecule is Cc1cc(N2CCOCC2)nc(NCc2ccc(Cl)cc2)n1. The summed E-state index contributed by atoms with van der Waals surface area (Å²) >= 11 is 5.90. The van der Waals surface area contributed by atoms with Gasteiger partial charge in [-0.25, -0.2) is 4.98 Å². The van der Waals surface area contributed by atoms with E-state index in [-0.39, 0.29) is 0 Å². The summed E-state index contributed by atoms with van der Waals surface area (Å²) < 4.78 is 5.39. The van der Waals surface area contributed by atoms with Crippen LogP contribution in [-0.4, -0.2) is 36.3 Å². The molecule has 0 atom stereocenters. The maximum Gasteiger partial charge on any atom is 0.225 e. The van der Waals surface area contributed by atoms with E-state index in [4.69, 9.17) is 16.3 Å². The van der Waals surface area contributed by atoms with Gasteiger partial charge < -0.3 is 15.0 Å². The Kier molecular flexibility index (Phi) is 4.75. The van der Waals surface area contributed by atoms with Crippen molar-refractivity contribution >= 4 is 23.4 Å². The summed E-state index contributed by atoms with van der Waals surface area (Å²) in [5, 5.41) is 4.02. The fourth-order valence-corrected chi connectivity index (χ4v) is 2.49. The molecule has 116 valence electrons. The van der Waals surface area contributed by atoms with Crippen LogP contribution in [0, 0.1) is 6.92 Å². The molecule has 6 heteroatoms. The van der Waals surface area contributed by atoms with Crippen molar-refractivity contribution in [2.75, 3.05) is 36.5 Å². The van der Waals surface area contributed by atoms with Gasteiger partial charge in [-0.15, -0.1) is 0 Å². The van der Waals surface area contributed by atoms with Gasteiger partial charge in [0.2, 0.25) is 5.95 Å². The Morgan fingerprint density at radius 3 is 2.64 bits per heavy atom. The molecule has 1 N–H and O–H groups in total. The Labute approximate surface area is 135 Å². The minimum Gasteiger partial charge on any atom is -0.378 e. The molecule has 0 bridgehead atoms. The van der Waals surface area contributed by atoms with Crippen molar-refractivity contribution in [2.45, 2.75) is 13.5 Å². The summed E-state index contributed by atoms with van der Waals surface area (Å²) in [5.41, 5.74) is 2.09. The number of nitrogens with one attached hydrogen (secondary N) is 1. The van der Waals surface area contributed by atoms with Crippen molar-refractivity contribution in [2.24, 2.45) is 0 Å². The number of morpholine rings is 1. The van der Waals surface area contributed by atoms with Crippen LogP contribution in [0.1, 0.15) is 11.3 Å². The third-order valence-corrected chi connectivity index (χ3v) is 3.79. The van der Waals surface area contributed by atoms with Crippen LogP contribution in [0.4, 0.5) is 11.8 Å². The summed E-state index contributed by atoms with van der Waals surface area (Å²) in [4.78, 5) is 11.3. The molecule has 0 saturated carbocycles. The molecule has 2 aromatic rings. The third kappa shape index (κ3) is 3.87. The molecular weight excluding hydrogens is 300 g/mol.